The lowest BCUT2D eigenvalue weighted by molar-refractivity contribution is -0.110. The van der Waals surface area contributed by atoms with E-state index in [1.165, 1.54) is 5.31 Å². The van der Waals surface area contributed by atoms with E-state index in [1.54, 1.807) is 0 Å². The number of amides is 1. The van der Waals surface area contributed by atoms with Crippen molar-refractivity contribution in [3.8, 4) is 0 Å². The average Bonchev–Trinajstić information content (AvgIpc) is 2.37. The number of carbonyl (C=O) groups excluding carboxylic acids is 1. The first kappa shape index (κ1) is 7.74. The molecule has 2 nitrogen and oxygen atoms in total. The molecule has 0 aromatic carbocycles. The van der Waals surface area contributed by atoms with Crippen molar-refractivity contribution in [1.82, 2.24) is 5.32 Å². The first-order valence-electron chi connectivity index (χ1n) is 3.43. The highest BCUT2D eigenvalue weighted by Gasteiger charge is 2.13. The summed E-state index contributed by atoms with van der Waals surface area (Å²) in [5.74, 6) is 0. The molecule has 0 saturated carbocycles. The molecule has 0 radical (unpaired) electrons. The van der Waals surface area contributed by atoms with E-state index in [-0.39, 0.29) is 0 Å². The number of hydrogen-bond donors (Lipinski definition) is 1. The van der Waals surface area contributed by atoms with Gasteiger partial charge in [0.25, 0.3) is 0 Å². The van der Waals surface area contributed by atoms with E-state index < -0.39 is 0 Å². The van der Waals surface area contributed by atoms with Crippen LogP contribution in [0.3, 0.4) is 0 Å². The van der Waals surface area contributed by atoms with Gasteiger partial charge in [-0.15, -0.1) is 0 Å². The van der Waals surface area contributed by atoms with Crippen LogP contribution in [-0.2, 0) is 4.79 Å². The number of carbonyl (C=O) groups is 1. The van der Waals surface area contributed by atoms with Crippen molar-refractivity contribution in [2.24, 2.45) is 0 Å². The van der Waals surface area contributed by atoms with Crippen molar-refractivity contribution in [1.29, 1.82) is 0 Å². The zero-order valence-corrected chi connectivity index (χ0v) is 7.05. The Morgan fingerprint density at radius 3 is 3.20 bits per heavy atom. The van der Waals surface area contributed by atoms with Crippen LogP contribution in [0.2, 0.25) is 0 Å². The van der Waals surface area contributed by atoms with Crippen LogP contribution in [0.1, 0.15) is 12.8 Å². The second-order valence-electron chi connectivity index (χ2n) is 2.40. The van der Waals surface area contributed by atoms with Gasteiger partial charge < -0.3 is 5.32 Å². The van der Waals surface area contributed by atoms with Gasteiger partial charge in [0.05, 0.1) is 0 Å². The molecule has 0 aromatic rings. The molecule has 56 valence electrons. The molecule has 0 spiro atoms. The Kier molecular flexibility index (Phi) is 2.88. The molecule has 1 aliphatic carbocycles. The summed E-state index contributed by atoms with van der Waals surface area (Å²) in [6, 6.07) is 0.389. The zero-order valence-electron chi connectivity index (χ0n) is 6.05. The predicted molar refractivity (Wildman–Crippen MR) is 44.5 cm³/mol. The summed E-state index contributed by atoms with van der Waals surface area (Å²) >= 11 is 0. The number of nitrogens with one attached hydrogen (secondary N) is 1. The van der Waals surface area contributed by atoms with Gasteiger partial charge >= 0.3 is 0 Å². The monoisotopic (exact) mass is 157 g/mol. The number of rotatable bonds is 3. The summed E-state index contributed by atoms with van der Waals surface area (Å²) < 4.78 is 0. The third-order valence-electron chi connectivity index (χ3n) is 1.74. The van der Waals surface area contributed by atoms with Gasteiger partial charge in [-0.3, -0.25) is 4.79 Å². The Bertz CT molecular complexity index is 156. The molecule has 0 aromatic heterocycles. The van der Waals surface area contributed by atoms with Gasteiger partial charge in [-0.25, -0.2) is 0 Å². The molecule has 1 rings (SSSR count). The fraction of sp³-hybridized carbons (Fsp3) is 0.571. The second-order valence-corrected chi connectivity index (χ2v) is 3.54. The number of hydrogen-bond acceptors (Lipinski definition) is 1. The van der Waals surface area contributed by atoms with Crippen LogP contribution in [0.5, 0.6) is 0 Å². The van der Waals surface area contributed by atoms with Crippen molar-refractivity contribution in [3.63, 3.8) is 0 Å². The van der Waals surface area contributed by atoms with E-state index in [9.17, 15) is 4.79 Å². The lowest BCUT2D eigenvalue weighted by Crippen LogP contribution is -2.24. The maximum Gasteiger partial charge on any atom is 0.207 e. The molecule has 2 unspecified atom stereocenters. The topological polar surface area (TPSA) is 29.1 Å². The summed E-state index contributed by atoms with van der Waals surface area (Å²) in [6.45, 7) is 2.18. The van der Waals surface area contributed by atoms with Crippen molar-refractivity contribution in [2.75, 3.05) is 6.66 Å². The van der Waals surface area contributed by atoms with Crippen molar-refractivity contribution in [3.05, 3.63) is 11.4 Å². The van der Waals surface area contributed by atoms with Gasteiger partial charge in [0.15, 0.2) is 0 Å². The minimum Gasteiger partial charge on any atom is -0.355 e. The molecule has 3 heteroatoms. The molecule has 0 fully saturated rings. The fourth-order valence-corrected chi connectivity index (χ4v) is 1.92. The van der Waals surface area contributed by atoms with E-state index in [4.69, 9.17) is 0 Å². The van der Waals surface area contributed by atoms with Gasteiger partial charge in [0.1, 0.15) is 0 Å². The van der Waals surface area contributed by atoms with Crippen LogP contribution in [-0.4, -0.2) is 19.1 Å². The summed E-state index contributed by atoms with van der Waals surface area (Å²) in [6.07, 6.45) is 5.11. The van der Waals surface area contributed by atoms with Crippen molar-refractivity contribution >= 4 is 15.0 Å². The Morgan fingerprint density at radius 2 is 2.70 bits per heavy atom. The highest BCUT2D eigenvalue weighted by molar-refractivity contribution is 7.42. The molecule has 0 aliphatic heterocycles. The van der Waals surface area contributed by atoms with Gasteiger partial charge in [0, 0.05) is 6.04 Å². The third kappa shape index (κ3) is 1.81. The summed E-state index contributed by atoms with van der Waals surface area (Å²) in [4.78, 5) is 10.0. The minimum absolute atomic E-state index is 0.389. The molecule has 1 amide bonds. The molecule has 0 heterocycles. The molecular weight excluding hydrogens is 145 g/mol. The van der Waals surface area contributed by atoms with E-state index in [0.29, 0.717) is 6.04 Å². The SMILES string of the molecule is CPC1=CCC(NC=O)C1. The fourth-order valence-electron chi connectivity index (χ4n) is 1.14. The van der Waals surface area contributed by atoms with E-state index in [1.807, 2.05) is 0 Å². The van der Waals surface area contributed by atoms with Crippen LogP contribution >= 0.6 is 8.58 Å². The van der Waals surface area contributed by atoms with Gasteiger partial charge in [-0.1, -0.05) is 20.0 Å². The standard InChI is InChI=1S/C7H12NOP/c1-10-7-3-2-6(4-7)8-5-9/h3,5-6,10H,2,4H2,1H3,(H,8,9). The van der Waals surface area contributed by atoms with Crippen LogP contribution in [0, 0.1) is 0 Å². The average molecular weight is 157 g/mol. The lowest BCUT2D eigenvalue weighted by atomic mass is 10.2. The smallest absolute Gasteiger partial charge is 0.207 e. The van der Waals surface area contributed by atoms with Gasteiger partial charge in [0.2, 0.25) is 6.41 Å². The quantitative estimate of drug-likeness (QED) is 0.482. The molecular formula is C7H12NOP. The third-order valence-corrected chi connectivity index (χ3v) is 2.79. The van der Waals surface area contributed by atoms with Crippen LogP contribution in [0.25, 0.3) is 0 Å². The van der Waals surface area contributed by atoms with Gasteiger partial charge in [-0.05, 0) is 19.5 Å². The second kappa shape index (κ2) is 3.72. The Morgan fingerprint density at radius 1 is 1.90 bits per heavy atom. The minimum atomic E-state index is 0.389. The first-order chi connectivity index (χ1) is 4.86. The highest BCUT2D eigenvalue weighted by atomic mass is 31.1. The van der Waals surface area contributed by atoms with Gasteiger partial charge in [-0.2, -0.15) is 0 Å². The maximum absolute atomic E-state index is 10.0. The zero-order chi connectivity index (χ0) is 7.40. The molecule has 1 aliphatic rings. The summed E-state index contributed by atoms with van der Waals surface area (Å²) in [7, 11) is 0.907. The molecule has 0 bridgehead atoms. The summed E-state index contributed by atoms with van der Waals surface area (Å²) in [5.41, 5.74) is 0. The molecule has 10 heavy (non-hydrogen) atoms. The molecule has 1 N–H and O–H groups in total. The van der Waals surface area contributed by atoms with Crippen LogP contribution in [0.15, 0.2) is 11.4 Å². The van der Waals surface area contributed by atoms with E-state index >= 15 is 0 Å². The lowest BCUT2D eigenvalue weighted by Gasteiger charge is -2.06. The molecule has 0 saturated heterocycles. The molecule has 2 atom stereocenters. The van der Waals surface area contributed by atoms with Crippen molar-refractivity contribution in [2.45, 2.75) is 18.9 Å². The summed E-state index contributed by atoms with van der Waals surface area (Å²) in [5, 5.41) is 4.28. The van der Waals surface area contributed by atoms with Crippen LogP contribution < -0.4 is 5.32 Å². The maximum atomic E-state index is 10.0. The highest BCUT2D eigenvalue weighted by Crippen LogP contribution is 2.30. The first-order valence-corrected chi connectivity index (χ1v) is 4.93. The van der Waals surface area contributed by atoms with Crippen LogP contribution in [0.4, 0.5) is 0 Å². The van der Waals surface area contributed by atoms with E-state index in [2.05, 4.69) is 18.1 Å². The predicted octanol–water partition coefficient (Wildman–Crippen LogP) is 1.09. The Balaban J connectivity index is 2.29. The largest absolute Gasteiger partial charge is 0.355 e. The Labute approximate surface area is 62.9 Å². The van der Waals surface area contributed by atoms with Crippen molar-refractivity contribution < 1.29 is 4.79 Å². The Hall–Kier alpha value is -0.360. The van der Waals surface area contributed by atoms with E-state index in [0.717, 1.165) is 27.8 Å². The normalized spacial score (nSPS) is 25.3.